The molecule has 24 heteroatoms. The van der Waals surface area contributed by atoms with Crippen molar-refractivity contribution in [2.24, 2.45) is 11.7 Å². The average molecular weight is 1030 g/mol. The number of piperazine rings is 2. The number of phenolic OH excluding ortho intramolecular Hbond substituents is 1. The minimum atomic E-state index is -1.23. The van der Waals surface area contributed by atoms with Crippen LogP contribution in [-0.4, -0.2) is 165 Å². The van der Waals surface area contributed by atoms with E-state index in [1.807, 2.05) is 23.6 Å². The van der Waals surface area contributed by atoms with E-state index in [0.29, 0.717) is 136 Å². The Balaban J connectivity index is 1.00. The number of unbranched alkanes of at least 4 members (excludes halogenated alkanes) is 1. The highest BCUT2D eigenvalue weighted by atomic mass is 16.4. The molecule has 0 spiro atoms. The molecule has 2 amide bonds. The Hall–Kier alpha value is -8.09. The minimum absolute atomic E-state index is 0.0685. The monoisotopic (exact) mass is 1030 g/mol. The summed E-state index contributed by atoms with van der Waals surface area (Å²) in [7, 11) is 0. The van der Waals surface area contributed by atoms with Crippen molar-refractivity contribution >= 4 is 52.3 Å². The molecule has 9 rings (SSSR count). The summed E-state index contributed by atoms with van der Waals surface area (Å²) in [5.41, 5.74) is 8.53. The predicted octanol–water partition coefficient (Wildman–Crippen LogP) is 3.10. The number of aliphatic hydroxyl groups excluding tert-OH is 2. The maximum atomic E-state index is 14.3. The van der Waals surface area contributed by atoms with Crippen LogP contribution in [0.2, 0.25) is 0 Å². The van der Waals surface area contributed by atoms with Crippen molar-refractivity contribution < 1.29 is 39.2 Å². The lowest BCUT2D eigenvalue weighted by Crippen LogP contribution is -2.52. The van der Waals surface area contributed by atoms with Crippen LogP contribution in [0.4, 0.5) is 23.5 Å². The van der Waals surface area contributed by atoms with Crippen LogP contribution in [0.1, 0.15) is 73.9 Å². The van der Waals surface area contributed by atoms with Gasteiger partial charge in [0.2, 0.25) is 29.7 Å². The van der Waals surface area contributed by atoms with Gasteiger partial charge in [0.25, 0.3) is 0 Å². The molecule has 1 unspecified atom stereocenters. The van der Waals surface area contributed by atoms with Crippen molar-refractivity contribution in [3.8, 4) is 28.2 Å². The van der Waals surface area contributed by atoms with E-state index >= 15 is 0 Å². The quantitative estimate of drug-likeness (QED) is 0.0501. The van der Waals surface area contributed by atoms with E-state index in [-0.39, 0.29) is 58.4 Å². The van der Waals surface area contributed by atoms with Crippen LogP contribution in [0.5, 0.6) is 5.75 Å². The highest BCUT2D eigenvalue weighted by molar-refractivity contribution is 6.08. The molecule has 2 fully saturated rings. The fraction of sp³-hybridized carbons (Fsp3) is 0.431. The van der Waals surface area contributed by atoms with E-state index in [9.17, 15) is 39.6 Å². The van der Waals surface area contributed by atoms with Crippen molar-refractivity contribution in [3.63, 3.8) is 0 Å². The van der Waals surface area contributed by atoms with Crippen LogP contribution in [0, 0.1) is 5.92 Å². The number of nitrogens with zero attached hydrogens (tertiary/aromatic N) is 13. The van der Waals surface area contributed by atoms with Crippen LogP contribution < -0.4 is 26.3 Å². The van der Waals surface area contributed by atoms with Gasteiger partial charge in [-0.15, -0.1) is 10.2 Å². The molecule has 3 atom stereocenters. The zero-order chi connectivity index (χ0) is 52.9. The Morgan fingerprint density at radius 2 is 1.43 bits per heavy atom. The Bertz CT molecular complexity index is 3200. The Morgan fingerprint density at radius 3 is 2.08 bits per heavy atom. The van der Waals surface area contributed by atoms with Crippen LogP contribution in [0.25, 0.3) is 33.4 Å². The number of fused-ring (bicyclic) bond motifs is 2. The molecule has 394 valence electrons. The van der Waals surface area contributed by atoms with E-state index in [1.54, 1.807) is 62.7 Å². The average Bonchev–Trinajstić information content (AvgIpc) is 4.07. The van der Waals surface area contributed by atoms with Gasteiger partial charge in [0.05, 0.1) is 23.1 Å². The molecular formula is C51H61N15O9. The van der Waals surface area contributed by atoms with Crippen molar-refractivity contribution in [1.29, 1.82) is 0 Å². The first-order chi connectivity index (χ1) is 36.2. The van der Waals surface area contributed by atoms with Crippen molar-refractivity contribution in [3.05, 3.63) is 94.2 Å². The largest absolute Gasteiger partial charge is 0.508 e. The van der Waals surface area contributed by atoms with Gasteiger partial charge in [-0.1, -0.05) is 30.3 Å². The predicted molar refractivity (Wildman–Crippen MR) is 276 cm³/mol. The summed E-state index contributed by atoms with van der Waals surface area (Å²) in [5.74, 6) is -0.654. The summed E-state index contributed by atoms with van der Waals surface area (Å²) in [5, 5.41) is 61.1. The van der Waals surface area contributed by atoms with E-state index in [4.69, 9.17) is 25.1 Å². The zero-order valence-electron chi connectivity index (χ0n) is 42.0. The van der Waals surface area contributed by atoms with Crippen LogP contribution in [0.15, 0.2) is 76.2 Å². The summed E-state index contributed by atoms with van der Waals surface area (Å²) in [6, 6.07) is 12.4. The number of carbonyl (C=O) groups excluding carboxylic acids is 2. The summed E-state index contributed by atoms with van der Waals surface area (Å²) < 4.78 is 9.16. The van der Waals surface area contributed by atoms with Gasteiger partial charge in [0, 0.05) is 119 Å². The number of carboxylic acid groups (broad SMARTS) is 1. The Labute approximate surface area is 430 Å². The first-order valence-electron chi connectivity index (χ1n) is 25.2. The molecule has 2 saturated heterocycles. The van der Waals surface area contributed by atoms with E-state index < -0.39 is 24.2 Å². The molecule has 0 radical (unpaired) electrons. The fourth-order valence-corrected chi connectivity index (χ4v) is 9.73. The van der Waals surface area contributed by atoms with Gasteiger partial charge in [-0.05, 0) is 80.6 Å². The number of amides is 2. The van der Waals surface area contributed by atoms with Gasteiger partial charge in [-0.2, -0.15) is 15.0 Å². The molecule has 0 saturated carbocycles. The normalized spacial score (nSPS) is 15.5. The number of anilines is 4. The molecule has 0 bridgehead atoms. The van der Waals surface area contributed by atoms with Gasteiger partial charge in [-0.3, -0.25) is 14.4 Å². The fourth-order valence-electron chi connectivity index (χ4n) is 9.73. The van der Waals surface area contributed by atoms with Crippen molar-refractivity contribution in [1.82, 2.24) is 54.7 Å². The summed E-state index contributed by atoms with van der Waals surface area (Å²) in [6.45, 7) is 8.81. The number of hydrogen-bond donors (Lipinski definition) is 6. The smallest absolute Gasteiger partial charge is 0.336 e. The molecule has 3 aromatic heterocycles. The van der Waals surface area contributed by atoms with Gasteiger partial charge in [-0.25, -0.2) is 14.2 Å². The van der Waals surface area contributed by atoms with E-state index in [0.717, 1.165) is 6.42 Å². The number of aromatic carboxylic acids is 1. The van der Waals surface area contributed by atoms with E-state index in [1.165, 1.54) is 30.3 Å². The molecule has 1 aliphatic carbocycles. The van der Waals surface area contributed by atoms with Gasteiger partial charge < -0.3 is 55.5 Å². The molecule has 2 aromatic carbocycles. The van der Waals surface area contributed by atoms with E-state index in [2.05, 4.69) is 25.9 Å². The lowest BCUT2D eigenvalue weighted by molar-refractivity contribution is -0.137. The standard InChI is InChI=1S/C51H61N15O9/c1-30(2)45(66-28-33(13-23-67)57-60-66)47(72)62-17-21-64(22-18-62)51-55-49(54-50(56-51)63-19-15-61(16-20-63)46(71)41(6-4-5-14-52)65-29-34(58-59-65)24-31(3)68)53-32-7-10-37(40(25-32)48(73)74)44-38-11-8-35(69)26-42(38)75-43-27-36(70)9-12-39(43)44/h7-12,25-31,41,45,67-69H,4-6,13-24,52H2,1-3H3,(H,73,74)(H,53,54,55,56)/t31?,41-,45-/m0/s1. The minimum Gasteiger partial charge on any atom is -0.508 e. The lowest BCUT2D eigenvalue weighted by atomic mass is 9.90. The van der Waals surface area contributed by atoms with Crippen LogP contribution >= 0.6 is 0 Å². The molecule has 75 heavy (non-hydrogen) atoms. The van der Waals surface area contributed by atoms with Crippen molar-refractivity contribution in [2.45, 2.75) is 71.1 Å². The molecule has 3 aliphatic heterocycles. The number of carbonyl (C=O) groups is 3. The molecule has 24 nitrogen and oxygen atoms in total. The zero-order valence-corrected chi connectivity index (χ0v) is 42.0. The summed E-state index contributed by atoms with van der Waals surface area (Å²) in [6.07, 6.45) is 5.38. The SMILES string of the molecule is CC(O)Cc1cn([C@@H](CCCCN)C(=O)N2CCN(c3nc(Nc4ccc(-c5c6ccc(=O)cc-6oc6cc(O)ccc56)c(C(=O)O)c4)nc(N4CCN(C(=O)[C@H](C(C)C)n5cc(CCO)nn5)CC4)n3)CC2)nn1. The number of nitrogens with one attached hydrogen (secondary N) is 1. The number of hydrogen-bond acceptors (Lipinski definition) is 19. The second-order valence-electron chi connectivity index (χ2n) is 19.3. The number of carboxylic acids is 1. The molecule has 5 aromatic rings. The number of rotatable bonds is 19. The third kappa shape index (κ3) is 11.5. The second kappa shape index (κ2) is 22.6. The second-order valence-corrected chi connectivity index (χ2v) is 19.3. The Kier molecular flexibility index (Phi) is 15.6. The highest BCUT2D eigenvalue weighted by Gasteiger charge is 2.34. The van der Waals surface area contributed by atoms with Gasteiger partial charge >= 0.3 is 5.97 Å². The first kappa shape index (κ1) is 51.8. The van der Waals surface area contributed by atoms with Crippen LogP contribution in [-0.2, 0) is 22.4 Å². The van der Waals surface area contributed by atoms with Crippen molar-refractivity contribution in [2.75, 3.05) is 80.6 Å². The number of aliphatic hydroxyl groups is 2. The summed E-state index contributed by atoms with van der Waals surface area (Å²) >= 11 is 0. The molecular weight excluding hydrogens is 967 g/mol. The number of aromatic hydroxyl groups is 1. The highest BCUT2D eigenvalue weighted by Crippen LogP contribution is 2.43. The molecule has 6 heterocycles. The molecule has 7 N–H and O–H groups in total. The third-order valence-corrected chi connectivity index (χ3v) is 13.5. The third-order valence-electron chi connectivity index (χ3n) is 13.5. The maximum absolute atomic E-state index is 14.3. The summed E-state index contributed by atoms with van der Waals surface area (Å²) in [4.78, 5) is 76.1. The van der Waals surface area contributed by atoms with Crippen LogP contribution in [0.3, 0.4) is 0 Å². The lowest BCUT2D eigenvalue weighted by Gasteiger charge is -2.38. The number of benzene rings is 3. The number of aromatic nitrogens is 9. The maximum Gasteiger partial charge on any atom is 0.336 e. The molecule has 4 aliphatic rings. The topological polar surface area (TPSA) is 313 Å². The first-order valence-corrected chi connectivity index (χ1v) is 25.2. The van der Waals surface area contributed by atoms with Gasteiger partial charge in [0.15, 0.2) is 5.43 Å². The number of phenols is 1. The van der Waals surface area contributed by atoms with Gasteiger partial charge in [0.1, 0.15) is 29.2 Å². The number of nitrogens with two attached hydrogens (primary N) is 1. The Morgan fingerprint density at radius 1 is 0.773 bits per heavy atom.